The summed E-state index contributed by atoms with van der Waals surface area (Å²) in [7, 11) is 2.36. The topological polar surface area (TPSA) is 57.7 Å². The maximum absolute atomic E-state index is 12.4. The summed E-state index contributed by atoms with van der Waals surface area (Å²) in [5, 5.41) is 0.204. The summed E-state index contributed by atoms with van der Waals surface area (Å²) in [4.78, 5) is 15.2. The molecule has 0 aliphatic rings. The molecule has 0 atom stereocenters. The minimum atomic E-state index is -4.89. The van der Waals surface area contributed by atoms with Crippen molar-refractivity contribution in [3.05, 3.63) is 17.3 Å². The molecular formula is C11H11BrF3NO4. The molecule has 0 aliphatic heterocycles. The van der Waals surface area contributed by atoms with Crippen molar-refractivity contribution in [2.75, 3.05) is 14.2 Å². The number of esters is 1. The SMILES string of the molecule is COC(=O)Cc1c(OC(F)(F)F)cc(CBr)nc1OC. The zero-order chi connectivity index (χ0) is 15.3. The summed E-state index contributed by atoms with van der Waals surface area (Å²) in [6.45, 7) is 0. The van der Waals surface area contributed by atoms with Crippen LogP contribution in [0.1, 0.15) is 11.3 Å². The lowest BCUT2D eigenvalue weighted by Gasteiger charge is -2.16. The predicted molar refractivity (Wildman–Crippen MR) is 65.8 cm³/mol. The Labute approximate surface area is 121 Å². The Kier molecular flexibility index (Phi) is 5.61. The van der Waals surface area contributed by atoms with Crippen LogP contribution in [0.5, 0.6) is 11.6 Å². The van der Waals surface area contributed by atoms with Crippen molar-refractivity contribution < 1.29 is 32.2 Å². The molecule has 5 nitrogen and oxygen atoms in total. The number of methoxy groups -OCH3 is 2. The maximum atomic E-state index is 12.4. The van der Waals surface area contributed by atoms with Gasteiger partial charge >= 0.3 is 12.3 Å². The van der Waals surface area contributed by atoms with Crippen molar-refractivity contribution in [2.24, 2.45) is 0 Å². The van der Waals surface area contributed by atoms with E-state index in [1.807, 2.05) is 0 Å². The molecule has 1 aromatic heterocycles. The van der Waals surface area contributed by atoms with Crippen LogP contribution in [0, 0.1) is 0 Å². The molecule has 1 heterocycles. The van der Waals surface area contributed by atoms with E-state index in [9.17, 15) is 18.0 Å². The number of hydrogen-bond donors (Lipinski definition) is 0. The van der Waals surface area contributed by atoms with Gasteiger partial charge in [0.1, 0.15) is 5.75 Å². The molecule has 0 spiro atoms. The van der Waals surface area contributed by atoms with E-state index in [0.717, 1.165) is 13.2 Å². The highest BCUT2D eigenvalue weighted by Crippen LogP contribution is 2.33. The van der Waals surface area contributed by atoms with Crippen LogP contribution < -0.4 is 9.47 Å². The first-order chi connectivity index (χ1) is 9.30. The Balaban J connectivity index is 3.30. The van der Waals surface area contributed by atoms with Crippen molar-refractivity contribution in [3.63, 3.8) is 0 Å². The molecule has 0 saturated heterocycles. The van der Waals surface area contributed by atoms with Gasteiger partial charge in [-0.3, -0.25) is 4.79 Å². The fraction of sp³-hybridized carbons (Fsp3) is 0.455. The van der Waals surface area contributed by atoms with Gasteiger partial charge in [-0.05, 0) is 0 Å². The fourth-order valence-electron chi connectivity index (χ4n) is 1.41. The molecule has 0 N–H and O–H groups in total. The van der Waals surface area contributed by atoms with Crippen LogP contribution in [-0.2, 0) is 21.3 Å². The van der Waals surface area contributed by atoms with Crippen molar-refractivity contribution in [1.82, 2.24) is 4.98 Å². The summed E-state index contributed by atoms with van der Waals surface area (Å²) in [5.41, 5.74) is 0.149. The van der Waals surface area contributed by atoms with Crippen molar-refractivity contribution in [3.8, 4) is 11.6 Å². The van der Waals surface area contributed by atoms with Crippen molar-refractivity contribution in [1.29, 1.82) is 0 Å². The van der Waals surface area contributed by atoms with Gasteiger partial charge in [-0.1, -0.05) is 15.9 Å². The molecule has 0 aromatic carbocycles. The van der Waals surface area contributed by atoms with Gasteiger partial charge in [0.25, 0.3) is 0 Å². The molecule has 9 heteroatoms. The lowest BCUT2D eigenvalue weighted by atomic mass is 10.1. The maximum Gasteiger partial charge on any atom is 0.573 e. The monoisotopic (exact) mass is 357 g/mol. The van der Waals surface area contributed by atoms with Gasteiger partial charge in [0, 0.05) is 11.4 Å². The number of carbonyl (C=O) groups is 1. The number of halogens is 4. The Morgan fingerprint density at radius 3 is 2.50 bits per heavy atom. The van der Waals surface area contributed by atoms with E-state index in [4.69, 9.17) is 4.74 Å². The normalized spacial score (nSPS) is 11.1. The second-order valence-electron chi connectivity index (χ2n) is 3.53. The Hall–Kier alpha value is -1.51. The average Bonchev–Trinajstić information content (AvgIpc) is 2.38. The zero-order valence-electron chi connectivity index (χ0n) is 10.6. The fourth-order valence-corrected chi connectivity index (χ4v) is 1.69. The number of rotatable bonds is 5. The highest BCUT2D eigenvalue weighted by Gasteiger charge is 2.33. The summed E-state index contributed by atoms with van der Waals surface area (Å²) in [5.74, 6) is -1.39. The summed E-state index contributed by atoms with van der Waals surface area (Å²) in [6.07, 6.45) is -5.33. The summed E-state index contributed by atoms with van der Waals surface area (Å²) >= 11 is 3.08. The van der Waals surface area contributed by atoms with Crippen LogP contribution in [-0.4, -0.2) is 31.5 Å². The number of ether oxygens (including phenoxy) is 3. The van der Waals surface area contributed by atoms with Gasteiger partial charge < -0.3 is 14.2 Å². The standard InChI is InChI=1S/C11H11BrF3NO4/c1-18-9(17)4-7-8(20-11(13,14)15)3-6(5-12)16-10(7)19-2/h3H,4-5H2,1-2H3. The van der Waals surface area contributed by atoms with Crippen LogP contribution in [0.2, 0.25) is 0 Å². The molecule has 1 rings (SSSR count). The summed E-state index contributed by atoms with van der Waals surface area (Å²) in [6, 6.07) is 1.09. The largest absolute Gasteiger partial charge is 0.573 e. The molecule has 0 amide bonds. The van der Waals surface area contributed by atoms with Gasteiger partial charge in [0.05, 0.1) is 31.9 Å². The Morgan fingerprint density at radius 1 is 1.40 bits per heavy atom. The molecule has 0 aliphatic carbocycles. The molecule has 20 heavy (non-hydrogen) atoms. The number of alkyl halides is 4. The smallest absolute Gasteiger partial charge is 0.481 e. The van der Waals surface area contributed by atoms with Gasteiger partial charge in [-0.2, -0.15) is 0 Å². The molecule has 112 valence electrons. The zero-order valence-corrected chi connectivity index (χ0v) is 12.2. The van der Waals surface area contributed by atoms with Gasteiger partial charge in [-0.25, -0.2) is 4.98 Å². The Bertz CT molecular complexity index is 493. The molecular weight excluding hydrogens is 347 g/mol. The predicted octanol–water partition coefficient (Wildman–Crippen LogP) is 2.60. The molecule has 0 radical (unpaired) electrons. The van der Waals surface area contributed by atoms with E-state index < -0.39 is 24.5 Å². The van der Waals surface area contributed by atoms with Gasteiger partial charge in [-0.15, -0.1) is 13.2 Å². The number of hydrogen-bond acceptors (Lipinski definition) is 5. The van der Waals surface area contributed by atoms with Crippen LogP contribution in [0.4, 0.5) is 13.2 Å². The molecule has 0 fully saturated rings. The third-order valence-corrected chi connectivity index (χ3v) is 2.78. The lowest BCUT2D eigenvalue weighted by molar-refractivity contribution is -0.275. The van der Waals surface area contributed by atoms with E-state index in [1.165, 1.54) is 7.11 Å². The molecule has 0 bridgehead atoms. The quantitative estimate of drug-likeness (QED) is 0.598. The van der Waals surface area contributed by atoms with Crippen molar-refractivity contribution >= 4 is 21.9 Å². The van der Waals surface area contributed by atoms with E-state index in [0.29, 0.717) is 0 Å². The van der Waals surface area contributed by atoms with Crippen LogP contribution in [0.15, 0.2) is 6.07 Å². The highest BCUT2D eigenvalue weighted by atomic mass is 79.9. The second kappa shape index (κ2) is 6.78. The first-order valence-electron chi connectivity index (χ1n) is 5.26. The number of pyridine rings is 1. The van der Waals surface area contributed by atoms with Crippen LogP contribution >= 0.6 is 15.9 Å². The average molecular weight is 358 g/mol. The van der Waals surface area contributed by atoms with E-state index in [2.05, 4.69) is 30.4 Å². The van der Waals surface area contributed by atoms with Crippen LogP contribution in [0.25, 0.3) is 0 Å². The van der Waals surface area contributed by atoms with E-state index in [-0.39, 0.29) is 22.5 Å². The minimum Gasteiger partial charge on any atom is -0.481 e. The van der Waals surface area contributed by atoms with Gasteiger partial charge in [0.2, 0.25) is 5.88 Å². The Morgan fingerprint density at radius 2 is 2.05 bits per heavy atom. The molecule has 1 aromatic rings. The third kappa shape index (κ3) is 4.55. The first kappa shape index (κ1) is 16.5. The third-order valence-electron chi connectivity index (χ3n) is 2.20. The van der Waals surface area contributed by atoms with Gasteiger partial charge in [0.15, 0.2) is 0 Å². The van der Waals surface area contributed by atoms with Crippen molar-refractivity contribution in [2.45, 2.75) is 18.1 Å². The lowest BCUT2D eigenvalue weighted by Crippen LogP contribution is -2.20. The second-order valence-corrected chi connectivity index (χ2v) is 4.09. The number of aromatic nitrogens is 1. The highest BCUT2D eigenvalue weighted by molar-refractivity contribution is 9.08. The molecule has 0 saturated carbocycles. The minimum absolute atomic E-state index is 0.119. The summed E-state index contributed by atoms with van der Waals surface area (Å²) < 4.78 is 50.4. The van der Waals surface area contributed by atoms with E-state index in [1.54, 1.807) is 0 Å². The van der Waals surface area contributed by atoms with E-state index >= 15 is 0 Å². The first-order valence-corrected chi connectivity index (χ1v) is 6.38. The number of nitrogens with zero attached hydrogens (tertiary/aromatic N) is 1. The molecule has 0 unspecified atom stereocenters. The number of carbonyl (C=O) groups excluding carboxylic acids is 1. The van der Waals surface area contributed by atoms with Crippen LogP contribution in [0.3, 0.4) is 0 Å².